The lowest BCUT2D eigenvalue weighted by molar-refractivity contribution is 0.231. The highest BCUT2D eigenvalue weighted by atomic mass is 19.1. The molecule has 0 bridgehead atoms. The predicted molar refractivity (Wildman–Crippen MR) is 61.9 cm³/mol. The molecule has 0 radical (unpaired) electrons. The molecule has 0 heterocycles. The van der Waals surface area contributed by atoms with Crippen LogP contribution in [0.1, 0.15) is 12.8 Å². The topological polar surface area (TPSA) is 38.5 Å². The van der Waals surface area contributed by atoms with Crippen LogP contribution in [0.4, 0.5) is 14.5 Å². The van der Waals surface area contributed by atoms with Crippen molar-refractivity contribution in [2.45, 2.75) is 18.9 Å². The molecule has 17 heavy (non-hydrogen) atoms. The first-order chi connectivity index (χ1) is 8.08. The number of hydrogen-bond acceptors (Lipinski definition) is 3. The lowest BCUT2D eigenvalue weighted by atomic mass is 10.3. The number of rotatable bonds is 5. The third-order valence-corrected chi connectivity index (χ3v) is 2.93. The predicted octanol–water partition coefficient (Wildman–Crippen LogP) is 2.02. The van der Waals surface area contributed by atoms with Gasteiger partial charge in [0.05, 0.1) is 0 Å². The van der Waals surface area contributed by atoms with Crippen LogP contribution in [0.3, 0.4) is 0 Å². The smallest absolute Gasteiger partial charge is 0.152 e. The normalized spacial score (nSPS) is 15.3. The number of nitrogens with two attached hydrogens (primary N) is 1. The minimum absolute atomic E-state index is 0.0756. The molecule has 0 spiro atoms. The zero-order valence-corrected chi connectivity index (χ0v) is 9.75. The number of hydrogen-bond donors (Lipinski definition) is 1. The first-order valence-corrected chi connectivity index (χ1v) is 5.65. The van der Waals surface area contributed by atoms with Crippen LogP contribution in [0.15, 0.2) is 12.1 Å². The Hall–Kier alpha value is -1.36. The molecular formula is C12H16F2N2O. The third-order valence-electron chi connectivity index (χ3n) is 2.93. The lowest BCUT2D eigenvalue weighted by Crippen LogP contribution is -2.26. The summed E-state index contributed by atoms with van der Waals surface area (Å²) in [5.74, 6) is -1.38. The van der Waals surface area contributed by atoms with Crippen molar-refractivity contribution in [3.63, 3.8) is 0 Å². The third kappa shape index (κ3) is 3.06. The molecule has 1 aromatic rings. The van der Waals surface area contributed by atoms with Gasteiger partial charge in [0.15, 0.2) is 5.82 Å². The van der Waals surface area contributed by atoms with Gasteiger partial charge in [0.2, 0.25) is 0 Å². The van der Waals surface area contributed by atoms with Crippen LogP contribution in [-0.4, -0.2) is 31.1 Å². The van der Waals surface area contributed by atoms with E-state index in [0.717, 1.165) is 18.7 Å². The van der Waals surface area contributed by atoms with Gasteiger partial charge in [0.25, 0.3) is 0 Å². The van der Waals surface area contributed by atoms with E-state index in [4.69, 9.17) is 10.5 Å². The lowest BCUT2D eigenvalue weighted by Gasteiger charge is -2.16. The largest absolute Gasteiger partial charge is 0.490 e. The summed E-state index contributed by atoms with van der Waals surface area (Å²) in [5.41, 5.74) is 5.32. The van der Waals surface area contributed by atoms with E-state index in [2.05, 4.69) is 4.90 Å². The fourth-order valence-electron chi connectivity index (χ4n) is 1.68. The molecule has 1 aliphatic rings. The molecule has 1 saturated carbocycles. The average Bonchev–Trinajstić information content (AvgIpc) is 3.08. The molecule has 2 N–H and O–H groups in total. The van der Waals surface area contributed by atoms with Crippen molar-refractivity contribution in [3.8, 4) is 5.75 Å². The summed E-state index contributed by atoms with van der Waals surface area (Å²) in [6, 6.07) is 2.49. The van der Waals surface area contributed by atoms with Gasteiger partial charge in [0, 0.05) is 24.7 Å². The van der Waals surface area contributed by atoms with Crippen LogP contribution in [0, 0.1) is 11.6 Å². The summed E-state index contributed by atoms with van der Waals surface area (Å²) in [6.45, 7) is 1.10. The van der Waals surface area contributed by atoms with E-state index in [9.17, 15) is 8.78 Å². The van der Waals surface area contributed by atoms with Crippen LogP contribution in [0.25, 0.3) is 0 Å². The van der Waals surface area contributed by atoms with Gasteiger partial charge in [-0.2, -0.15) is 0 Å². The monoisotopic (exact) mass is 242 g/mol. The van der Waals surface area contributed by atoms with Gasteiger partial charge in [-0.25, -0.2) is 8.78 Å². The average molecular weight is 242 g/mol. The summed E-state index contributed by atoms with van der Waals surface area (Å²) in [4.78, 5) is 2.17. The fraction of sp³-hybridized carbons (Fsp3) is 0.500. The molecule has 94 valence electrons. The Morgan fingerprint density at radius 1 is 1.41 bits per heavy atom. The van der Waals surface area contributed by atoms with Crippen molar-refractivity contribution >= 4 is 5.69 Å². The highest BCUT2D eigenvalue weighted by Gasteiger charge is 2.25. The van der Waals surface area contributed by atoms with Crippen molar-refractivity contribution in [2.75, 3.05) is 25.9 Å². The summed E-state index contributed by atoms with van der Waals surface area (Å²) in [5, 5.41) is 0. The molecule has 0 saturated heterocycles. The second-order valence-corrected chi connectivity index (χ2v) is 4.36. The molecule has 0 aliphatic heterocycles. The molecule has 0 amide bonds. The van der Waals surface area contributed by atoms with Crippen molar-refractivity contribution < 1.29 is 13.5 Å². The number of nitrogen functional groups attached to an aromatic ring is 1. The van der Waals surface area contributed by atoms with Crippen LogP contribution >= 0.6 is 0 Å². The molecule has 0 aromatic heterocycles. The minimum atomic E-state index is -0.782. The van der Waals surface area contributed by atoms with Crippen molar-refractivity contribution in [1.82, 2.24) is 4.90 Å². The van der Waals surface area contributed by atoms with Gasteiger partial charge in [-0.3, -0.25) is 0 Å². The molecule has 1 aliphatic carbocycles. The van der Waals surface area contributed by atoms with Gasteiger partial charge in [0.1, 0.15) is 23.9 Å². The zero-order chi connectivity index (χ0) is 12.4. The van der Waals surface area contributed by atoms with Crippen LogP contribution in [0.2, 0.25) is 0 Å². The van der Waals surface area contributed by atoms with E-state index in [1.807, 2.05) is 7.05 Å². The number of ether oxygens (including phenoxy) is 1. The summed E-state index contributed by atoms with van der Waals surface area (Å²) in [7, 11) is 2.01. The molecule has 0 unspecified atom stereocenters. The van der Waals surface area contributed by atoms with E-state index in [1.54, 1.807) is 0 Å². The van der Waals surface area contributed by atoms with Gasteiger partial charge < -0.3 is 15.4 Å². The highest BCUT2D eigenvalue weighted by Crippen LogP contribution is 2.27. The number of halogens is 2. The summed E-state index contributed by atoms with van der Waals surface area (Å²) < 4.78 is 31.4. The fourth-order valence-corrected chi connectivity index (χ4v) is 1.68. The quantitative estimate of drug-likeness (QED) is 0.803. The maximum Gasteiger partial charge on any atom is 0.152 e. The molecule has 2 rings (SSSR count). The second kappa shape index (κ2) is 4.87. The second-order valence-electron chi connectivity index (χ2n) is 4.36. The summed E-state index contributed by atoms with van der Waals surface area (Å²) in [6.07, 6.45) is 2.43. The molecule has 1 fully saturated rings. The maximum atomic E-state index is 13.1. The van der Waals surface area contributed by atoms with Crippen LogP contribution in [0.5, 0.6) is 5.75 Å². The van der Waals surface area contributed by atoms with E-state index in [0.29, 0.717) is 12.6 Å². The Morgan fingerprint density at radius 2 is 2.12 bits per heavy atom. The van der Waals surface area contributed by atoms with E-state index in [-0.39, 0.29) is 11.4 Å². The Bertz CT molecular complexity index is 408. The van der Waals surface area contributed by atoms with Crippen molar-refractivity contribution in [1.29, 1.82) is 0 Å². The van der Waals surface area contributed by atoms with Gasteiger partial charge in [-0.1, -0.05) is 0 Å². The number of likely N-dealkylation sites (N-methyl/N-ethyl adjacent to an activating group) is 1. The van der Waals surface area contributed by atoms with Gasteiger partial charge in [-0.05, 0) is 19.9 Å². The van der Waals surface area contributed by atoms with Crippen LogP contribution in [-0.2, 0) is 0 Å². The standard InChI is InChI=1S/C12H16F2N2O/c1-16(9-2-3-9)4-5-17-11-7-8(13)6-10(14)12(11)15/h6-7,9H,2-5,15H2,1H3. The Labute approximate surface area is 99.2 Å². The van der Waals surface area contributed by atoms with Crippen molar-refractivity contribution in [3.05, 3.63) is 23.8 Å². The molecule has 5 heteroatoms. The summed E-state index contributed by atoms with van der Waals surface area (Å²) >= 11 is 0. The van der Waals surface area contributed by atoms with Crippen LogP contribution < -0.4 is 10.5 Å². The maximum absolute atomic E-state index is 13.1. The first kappa shape index (κ1) is 12.1. The Kier molecular flexibility index (Phi) is 3.47. The van der Waals surface area contributed by atoms with E-state index in [1.165, 1.54) is 12.8 Å². The minimum Gasteiger partial charge on any atom is -0.490 e. The van der Waals surface area contributed by atoms with E-state index < -0.39 is 11.6 Å². The molecule has 0 atom stereocenters. The molecule has 3 nitrogen and oxygen atoms in total. The highest BCUT2D eigenvalue weighted by molar-refractivity contribution is 5.53. The Morgan fingerprint density at radius 3 is 2.76 bits per heavy atom. The van der Waals surface area contributed by atoms with Gasteiger partial charge in [-0.15, -0.1) is 0 Å². The van der Waals surface area contributed by atoms with E-state index >= 15 is 0 Å². The zero-order valence-electron chi connectivity index (χ0n) is 9.75. The molecular weight excluding hydrogens is 226 g/mol. The van der Waals surface area contributed by atoms with Gasteiger partial charge >= 0.3 is 0 Å². The number of anilines is 1. The Balaban J connectivity index is 1.89. The van der Waals surface area contributed by atoms with Crippen molar-refractivity contribution in [2.24, 2.45) is 0 Å². The molecule has 1 aromatic carbocycles. The first-order valence-electron chi connectivity index (χ1n) is 5.65. The SMILES string of the molecule is CN(CCOc1cc(F)cc(F)c1N)C1CC1. The number of nitrogens with zero attached hydrogens (tertiary/aromatic N) is 1. The number of benzene rings is 1.